The van der Waals surface area contributed by atoms with Crippen LogP contribution < -0.4 is 9.47 Å². The van der Waals surface area contributed by atoms with E-state index in [0.717, 1.165) is 37.7 Å². The van der Waals surface area contributed by atoms with Gasteiger partial charge in [0.05, 0.1) is 18.8 Å². The van der Waals surface area contributed by atoms with Crippen LogP contribution in [-0.4, -0.2) is 19.5 Å². The Morgan fingerprint density at radius 3 is 2.20 bits per heavy atom. The molecule has 0 spiro atoms. The topological polar surface area (TPSA) is 35.5 Å². The number of ether oxygens (including phenoxy) is 2. The van der Waals surface area contributed by atoms with E-state index in [1.165, 1.54) is 12.8 Å². The van der Waals surface area contributed by atoms with Gasteiger partial charge in [0, 0.05) is 6.07 Å². The second-order valence-electron chi connectivity index (χ2n) is 4.93. The summed E-state index contributed by atoms with van der Waals surface area (Å²) in [4.78, 5) is 11.0. The van der Waals surface area contributed by atoms with E-state index in [1.54, 1.807) is 6.07 Å². The van der Waals surface area contributed by atoms with Gasteiger partial charge in [0.15, 0.2) is 6.29 Å². The quantitative estimate of drug-likeness (QED) is 0.437. The first-order chi connectivity index (χ1) is 9.81. The van der Waals surface area contributed by atoms with E-state index in [4.69, 9.17) is 9.47 Å². The molecule has 0 amide bonds. The summed E-state index contributed by atoms with van der Waals surface area (Å²) in [5.74, 6) is 1.40. The molecule has 0 fully saturated rings. The van der Waals surface area contributed by atoms with E-state index in [-0.39, 0.29) is 0 Å². The van der Waals surface area contributed by atoms with Crippen molar-refractivity contribution in [3.8, 4) is 11.5 Å². The zero-order chi connectivity index (χ0) is 14.6. The van der Waals surface area contributed by atoms with E-state index < -0.39 is 0 Å². The maximum atomic E-state index is 11.0. The van der Waals surface area contributed by atoms with E-state index in [1.807, 2.05) is 12.1 Å². The van der Waals surface area contributed by atoms with Crippen molar-refractivity contribution in [1.29, 1.82) is 0 Å². The molecule has 1 aromatic carbocycles. The van der Waals surface area contributed by atoms with Gasteiger partial charge in [-0.2, -0.15) is 0 Å². The average Bonchev–Trinajstić information content (AvgIpc) is 2.48. The van der Waals surface area contributed by atoms with Crippen molar-refractivity contribution < 1.29 is 14.3 Å². The molecule has 0 bridgehead atoms. The summed E-state index contributed by atoms with van der Waals surface area (Å²) in [5, 5.41) is 0. The van der Waals surface area contributed by atoms with Gasteiger partial charge in [-0.25, -0.2) is 0 Å². The third kappa shape index (κ3) is 6.09. The highest BCUT2D eigenvalue weighted by molar-refractivity contribution is 5.79. The van der Waals surface area contributed by atoms with Crippen molar-refractivity contribution in [2.75, 3.05) is 13.2 Å². The molecule has 0 saturated heterocycles. The van der Waals surface area contributed by atoms with Crippen LogP contribution in [0.5, 0.6) is 11.5 Å². The zero-order valence-corrected chi connectivity index (χ0v) is 12.7. The highest BCUT2D eigenvalue weighted by atomic mass is 16.5. The molecule has 0 unspecified atom stereocenters. The Kier molecular flexibility index (Phi) is 8.52. The summed E-state index contributed by atoms with van der Waals surface area (Å²) < 4.78 is 11.4. The zero-order valence-electron chi connectivity index (χ0n) is 12.7. The molecule has 0 aliphatic carbocycles. The average molecular weight is 278 g/mol. The lowest BCUT2D eigenvalue weighted by atomic mass is 10.2. The molecular weight excluding hydrogens is 252 g/mol. The SMILES string of the molecule is CCCCCOc1ccc(C=O)c(OCCCCC)c1. The number of benzene rings is 1. The van der Waals surface area contributed by atoms with E-state index >= 15 is 0 Å². The molecule has 1 rings (SSSR count). The van der Waals surface area contributed by atoms with E-state index in [0.29, 0.717) is 24.5 Å². The van der Waals surface area contributed by atoms with Crippen molar-refractivity contribution in [1.82, 2.24) is 0 Å². The Bertz CT molecular complexity index is 388. The van der Waals surface area contributed by atoms with Crippen LogP contribution in [0.3, 0.4) is 0 Å². The van der Waals surface area contributed by atoms with Crippen LogP contribution in [0.4, 0.5) is 0 Å². The van der Waals surface area contributed by atoms with E-state index in [9.17, 15) is 4.79 Å². The summed E-state index contributed by atoms with van der Waals surface area (Å²) >= 11 is 0. The highest BCUT2D eigenvalue weighted by Crippen LogP contribution is 2.24. The molecule has 0 atom stereocenters. The molecule has 0 aliphatic rings. The minimum absolute atomic E-state index is 0.586. The first kappa shape index (κ1) is 16.5. The molecular formula is C17H26O3. The second kappa shape index (κ2) is 10.3. The molecule has 0 radical (unpaired) electrons. The van der Waals surface area contributed by atoms with Gasteiger partial charge in [0.1, 0.15) is 11.5 Å². The summed E-state index contributed by atoms with van der Waals surface area (Å²) in [6.45, 7) is 5.68. The van der Waals surface area contributed by atoms with Crippen LogP contribution >= 0.6 is 0 Å². The van der Waals surface area contributed by atoms with Crippen molar-refractivity contribution in [2.24, 2.45) is 0 Å². The Hall–Kier alpha value is -1.51. The number of carbonyl (C=O) groups is 1. The van der Waals surface area contributed by atoms with Gasteiger partial charge in [-0.1, -0.05) is 39.5 Å². The van der Waals surface area contributed by atoms with Gasteiger partial charge in [-0.15, -0.1) is 0 Å². The Labute approximate surface area is 122 Å². The summed E-state index contributed by atoms with van der Waals surface area (Å²) in [6.07, 6.45) is 7.55. The van der Waals surface area contributed by atoms with E-state index in [2.05, 4.69) is 13.8 Å². The number of hydrogen-bond acceptors (Lipinski definition) is 3. The van der Waals surface area contributed by atoms with Crippen LogP contribution in [0.25, 0.3) is 0 Å². The van der Waals surface area contributed by atoms with Crippen molar-refractivity contribution in [3.63, 3.8) is 0 Å². The first-order valence-corrected chi connectivity index (χ1v) is 7.66. The number of unbranched alkanes of at least 4 members (excludes halogenated alkanes) is 4. The maximum absolute atomic E-state index is 11.0. The molecule has 0 heterocycles. The lowest BCUT2D eigenvalue weighted by Gasteiger charge is -2.11. The lowest BCUT2D eigenvalue weighted by Crippen LogP contribution is -2.02. The Morgan fingerprint density at radius 2 is 1.60 bits per heavy atom. The fourth-order valence-corrected chi connectivity index (χ4v) is 1.90. The highest BCUT2D eigenvalue weighted by Gasteiger charge is 2.05. The molecule has 3 heteroatoms. The largest absolute Gasteiger partial charge is 0.493 e. The van der Waals surface area contributed by atoms with Crippen molar-refractivity contribution in [2.45, 2.75) is 52.4 Å². The minimum atomic E-state index is 0.586. The molecule has 0 aromatic heterocycles. The molecule has 0 N–H and O–H groups in total. The number of aldehydes is 1. The van der Waals surface area contributed by atoms with Crippen LogP contribution in [0.15, 0.2) is 18.2 Å². The normalized spacial score (nSPS) is 10.3. The van der Waals surface area contributed by atoms with Gasteiger partial charge in [-0.3, -0.25) is 4.79 Å². The fourth-order valence-electron chi connectivity index (χ4n) is 1.90. The van der Waals surface area contributed by atoms with Crippen LogP contribution in [-0.2, 0) is 0 Å². The smallest absolute Gasteiger partial charge is 0.153 e. The number of rotatable bonds is 11. The Balaban J connectivity index is 2.53. The monoisotopic (exact) mass is 278 g/mol. The lowest BCUT2D eigenvalue weighted by molar-refractivity contribution is 0.111. The van der Waals surface area contributed by atoms with Crippen LogP contribution in [0.1, 0.15) is 62.7 Å². The standard InChI is InChI=1S/C17H26O3/c1-3-5-7-11-19-16-10-9-15(14-18)17(13-16)20-12-8-6-4-2/h9-10,13-14H,3-8,11-12H2,1-2H3. The molecule has 20 heavy (non-hydrogen) atoms. The number of carbonyl (C=O) groups excluding carboxylic acids is 1. The van der Waals surface area contributed by atoms with Crippen molar-refractivity contribution >= 4 is 6.29 Å². The molecule has 3 nitrogen and oxygen atoms in total. The second-order valence-corrected chi connectivity index (χ2v) is 4.93. The summed E-state index contributed by atoms with van der Waals surface area (Å²) in [7, 11) is 0. The van der Waals surface area contributed by atoms with Crippen molar-refractivity contribution in [3.05, 3.63) is 23.8 Å². The van der Waals surface area contributed by atoms with Crippen LogP contribution in [0.2, 0.25) is 0 Å². The minimum Gasteiger partial charge on any atom is -0.493 e. The van der Waals surface area contributed by atoms with Gasteiger partial charge < -0.3 is 9.47 Å². The Morgan fingerprint density at radius 1 is 0.950 bits per heavy atom. The predicted octanol–water partition coefficient (Wildman–Crippen LogP) is 4.64. The first-order valence-electron chi connectivity index (χ1n) is 7.66. The number of hydrogen-bond donors (Lipinski definition) is 0. The summed E-state index contributed by atoms with van der Waals surface area (Å²) in [6, 6.07) is 5.41. The maximum Gasteiger partial charge on any atom is 0.153 e. The summed E-state index contributed by atoms with van der Waals surface area (Å²) in [5.41, 5.74) is 0.586. The van der Waals surface area contributed by atoms with Gasteiger partial charge >= 0.3 is 0 Å². The third-order valence-electron chi connectivity index (χ3n) is 3.13. The van der Waals surface area contributed by atoms with Gasteiger partial charge in [0.2, 0.25) is 0 Å². The molecule has 0 saturated carbocycles. The molecule has 0 aliphatic heterocycles. The molecule has 1 aromatic rings. The van der Waals surface area contributed by atoms with Gasteiger partial charge in [-0.05, 0) is 25.0 Å². The van der Waals surface area contributed by atoms with Crippen LogP contribution in [0, 0.1) is 0 Å². The predicted molar refractivity (Wildman–Crippen MR) is 81.9 cm³/mol. The third-order valence-corrected chi connectivity index (χ3v) is 3.13. The fraction of sp³-hybridized carbons (Fsp3) is 0.588. The van der Waals surface area contributed by atoms with Gasteiger partial charge in [0.25, 0.3) is 0 Å². The molecule has 112 valence electrons.